The van der Waals surface area contributed by atoms with Crippen LogP contribution in [0.15, 0.2) is 24.3 Å². The normalized spacial score (nSPS) is 18.7. The number of hydrogen-bond acceptors (Lipinski definition) is 3. The second-order valence-electron chi connectivity index (χ2n) is 9.32. The van der Waals surface area contributed by atoms with E-state index in [1.54, 1.807) is 0 Å². The number of unbranched alkanes of at least 4 members (excludes halogenated alkanes) is 6. The first kappa shape index (κ1) is 22.2. The Morgan fingerprint density at radius 1 is 0.613 bits per heavy atom. The topological polar surface area (TPSA) is 27.7 Å². The quantitative estimate of drug-likeness (QED) is 0.362. The summed E-state index contributed by atoms with van der Waals surface area (Å²) in [6.45, 7) is 8.80. The standard InChI is InChI=1S/C28H38O3/c1-5-7-9-11-13-21-15-19(3)25-23(17-21)27-30-26-20(4)16-22(14-12-10-8-6-2)18-24(26)28(29-25)31-27/h15-18,27-28H,5-14H2,1-4H3. The first-order chi connectivity index (χ1) is 15.1. The van der Waals surface area contributed by atoms with E-state index in [2.05, 4.69) is 52.0 Å². The molecule has 0 aromatic heterocycles. The maximum atomic E-state index is 6.41. The average Bonchev–Trinajstić information content (AvgIpc) is 2.76. The minimum atomic E-state index is -0.385. The van der Waals surface area contributed by atoms with E-state index in [1.165, 1.54) is 73.6 Å². The fourth-order valence-corrected chi connectivity index (χ4v) is 4.88. The second kappa shape index (κ2) is 10.1. The van der Waals surface area contributed by atoms with E-state index in [0.29, 0.717) is 0 Å². The lowest BCUT2D eigenvalue weighted by Crippen LogP contribution is -2.31. The summed E-state index contributed by atoms with van der Waals surface area (Å²) < 4.78 is 19.1. The van der Waals surface area contributed by atoms with Crippen LogP contribution in [-0.2, 0) is 17.6 Å². The van der Waals surface area contributed by atoms with Crippen molar-refractivity contribution in [3.05, 3.63) is 57.6 Å². The zero-order valence-corrected chi connectivity index (χ0v) is 19.8. The van der Waals surface area contributed by atoms with Crippen LogP contribution in [0.4, 0.5) is 0 Å². The van der Waals surface area contributed by atoms with Gasteiger partial charge < -0.3 is 9.47 Å². The highest BCUT2D eigenvalue weighted by molar-refractivity contribution is 5.51. The Labute approximate surface area is 188 Å². The molecule has 0 aliphatic carbocycles. The van der Waals surface area contributed by atoms with Crippen LogP contribution in [0.3, 0.4) is 0 Å². The largest absolute Gasteiger partial charge is 0.459 e. The van der Waals surface area contributed by atoms with Crippen molar-refractivity contribution >= 4 is 0 Å². The first-order valence-corrected chi connectivity index (χ1v) is 12.4. The third kappa shape index (κ3) is 4.92. The van der Waals surface area contributed by atoms with Crippen LogP contribution >= 0.6 is 0 Å². The number of ether oxygens (including phenoxy) is 3. The molecule has 0 saturated heterocycles. The van der Waals surface area contributed by atoms with Crippen LogP contribution in [0.1, 0.15) is 111 Å². The molecule has 3 nitrogen and oxygen atoms in total. The second-order valence-corrected chi connectivity index (χ2v) is 9.32. The molecule has 2 atom stereocenters. The molecule has 31 heavy (non-hydrogen) atoms. The van der Waals surface area contributed by atoms with Crippen LogP contribution < -0.4 is 9.47 Å². The zero-order chi connectivity index (χ0) is 21.8. The molecule has 0 saturated carbocycles. The zero-order valence-electron chi connectivity index (χ0n) is 19.8. The van der Waals surface area contributed by atoms with E-state index in [4.69, 9.17) is 14.2 Å². The number of benzene rings is 2. The lowest BCUT2D eigenvalue weighted by Gasteiger charge is -2.39. The Balaban J connectivity index is 1.54. The maximum absolute atomic E-state index is 6.41. The molecule has 3 heteroatoms. The van der Waals surface area contributed by atoms with Gasteiger partial charge in [0.15, 0.2) is 0 Å². The van der Waals surface area contributed by atoms with Crippen molar-refractivity contribution in [1.82, 2.24) is 0 Å². The maximum Gasteiger partial charge on any atom is 0.233 e. The third-order valence-corrected chi connectivity index (χ3v) is 6.57. The fourth-order valence-electron chi connectivity index (χ4n) is 4.88. The molecule has 2 aliphatic heterocycles. The summed E-state index contributed by atoms with van der Waals surface area (Å²) in [5, 5.41) is 0. The number of aryl methyl sites for hydroxylation is 4. The molecule has 2 aromatic rings. The van der Waals surface area contributed by atoms with Gasteiger partial charge in [0.05, 0.1) is 11.1 Å². The summed E-state index contributed by atoms with van der Waals surface area (Å²) in [5.41, 5.74) is 7.14. The van der Waals surface area contributed by atoms with Gasteiger partial charge in [0, 0.05) is 0 Å². The van der Waals surface area contributed by atoms with Crippen molar-refractivity contribution in [3.8, 4) is 11.5 Å². The van der Waals surface area contributed by atoms with Crippen molar-refractivity contribution in [2.75, 3.05) is 0 Å². The first-order valence-electron chi connectivity index (χ1n) is 12.4. The Hall–Kier alpha value is -2.00. The fraction of sp³-hybridized carbons (Fsp3) is 0.571. The predicted octanol–water partition coefficient (Wildman–Crippen LogP) is 8.05. The van der Waals surface area contributed by atoms with E-state index in [1.807, 2.05) is 0 Å². The monoisotopic (exact) mass is 422 g/mol. The van der Waals surface area contributed by atoms with E-state index in [9.17, 15) is 0 Å². The van der Waals surface area contributed by atoms with Crippen molar-refractivity contribution < 1.29 is 14.2 Å². The summed E-state index contributed by atoms with van der Waals surface area (Å²) >= 11 is 0. The molecule has 0 radical (unpaired) electrons. The van der Waals surface area contributed by atoms with Gasteiger partial charge in [-0.3, -0.25) is 4.74 Å². The molecular formula is C28H38O3. The predicted molar refractivity (Wildman–Crippen MR) is 126 cm³/mol. The van der Waals surface area contributed by atoms with Gasteiger partial charge in [-0.25, -0.2) is 0 Å². The summed E-state index contributed by atoms with van der Waals surface area (Å²) in [6.07, 6.45) is 11.6. The Morgan fingerprint density at radius 3 is 1.48 bits per heavy atom. The number of hydrogen-bond donors (Lipinski definition) is 0. The molecule has 2 unspecified atom stereocenters. The van der Waals surface area contributed by atoms with Crippen LogP contribution in [0.2, 0.25) is 0 Å². The minimum Gasteiger partial charge on any atom is -0.459 e. The Morgan fingerprint density at radius 2 is 1.06 bits per heavy atom. The van der Waals surface area contributed by atoms with Crippen molar-refractivity contribution in [3.63, 3.8) is 0 Å². The lowest BCUT2D eigenvalue weighted by molar-refractivity contribution is -0.228. The molecule has 2 aliphatic rings. The van der Waals surface area contributed by atoms with Gasteiger partial charge in [0.1, 0.15) is 11.5 Å². The van der Waals surface area contributed by atoms with E-state index >= 15 is 0 Å². The summed E-state index contributed by atoms with van der Waals surface area (Å²) in [5.74, 6) is 1.88. The molecule has 168 valence electrons. The molecule has 0 N–H and O–H groups in total. The van der Waals surface area contributed by atoms with Gasteiger partial charge in [0.2, 0.25) is 12.6 Å². The molecule has 4 rings (SSSR count). The number of fused-ring (bicyclic) bond motifs is 6. The van der Waals surface area contributed by atoms with Gasteiger partial charge >= 0.3 is 0 Å². The van der Waals surface area contributed by atoms with Gasteiger partial charge in [-0.05, 0) is 73.9 Å². The summed E-state index contributed by atoms with van der Waals surface area (Å²) in [7, 11) is 0. The molecule has 0 fully saturated rings. The summed E-state index contributed by atoms with van der Waals surface area (Å²) in [6, 6.07) is 9.03. The van der Waals surface area contributed by atoms with Crippen molar-refractivity contribution in [1.29, 1.82) is 0 Å². The van der Waals surface area contributed by atoms with Crippen LogP contribution in [0.25, 0.3) is 0 Å². The molecule has 0 amide bonds. The van der Waals surface area contributed by atoms with Crippen LogP contribution in [-0.4, -0.2) is 0 Å². The van der Waals surface area contributed by atoms with Gasteiger partial charge in [0.25, 0.3) is 0 Å². The van der Waals surface area contributed by atoms with Crippen LogP contribution in [0.5, 0.6) is 11.5 Å². The highest BCUT2D eigenvalue weighted by Gasteiger charge is 2.39. The van der Waals surface area contributed by atoms with Crippen LogP contribution in [0, 0.1) is 13.8 Å². The Bertz CT molecular complexity index is 828. The Kier molecular flexibility index (Phi) is 7.22. The minimum absolute atomic E-state index is 0.385. The van der Waals surface area contributed by atoms with E-state index < -0.39 is 0 Å². The lowest BCUT2D eigenvalue weighted by atomic mass is 9.96. The molecular weight excluding hydrogens is 384 g/mol. The van der Waals surface area contributed by atoms with Crippen molar-refractivity contribution in [2.24, 2.45) is 0 Å². The van der Waals surface area contributed by atoms with Gasteiger partial charge in [-0.1, -0.05) is 64.5 Å². The average molecular weight is 423 g/mol. The number of rotatable bonds is 10. The highest BCUT2D eigenvalue weighted by Crippen LogP contribution is 2.50. The smallest absolute Gasteiger partial charge is 0.233 e. The van der Waals surface area contributed by atoms with Gasteiger partial charge in [-0.2, -0.15) is 0 Å². The molecule has 2 heterocycles. The molecule has 2 aromatic carbocycles. The van der Waals surface area contributed by atoms with Crippen molar-refractivity contribution in [2.45, 2.75) is 104 Å². The highest BCUT2D eigenvalue weighted by atomic mass is 16.8. The third-order valence-electron chi connectivity index (χ3n) is 6.57. The summed E-state index contributed by atoms with van der Waals surface area (Å²) in [4.78, 5) is 0. The van der Waals surface area contributed by atoms with Gasteiger partial charge in [-0.15, -0.1) is 0 Å². The van der Waals surface area contributed by atoms with E-state index in [-0.39, 0.29) is 12.6 Å². The molecule has 0 spiro atoms. The van der Waals surface area contributed by atoms with E-state index in [0.717, 1.165) is 35.5 Å². The molecule has 2 bridgehead atoms. The SMILES string of the molecule is CCCCCCc1cc(C)c2c(c1)C1Oc3c(C)cc(CCCCCC)cc3C(O2)O1.